The summed E-state index contributed by atoms with van der Waals surface area (Å²) in [7, 11) is 3.24. The number of carbonyl (C=O) groups excluding carboxylic acids is 1. The van der Waals surface area contributed by atoms with Crippen molar-refractivity contribution in [2.45, 2.75) is 13.8 Å². The molecule has 0 aliphatic rings. The molecule has 0 aromatic carbocycles. The molecule has 19 heavy (non-hydrogen) atoms. The molecule has 1 amide bonds. The fourth-order valence-electron chi connectivity index (χ4n) is 1.70. The topological polar surface area (TPSA) is 73.1 Å². The second-order valence-corrected chi connectivity index (χ2v) is 4.04. The van der Waals surface area contributed by atoms with E-state index >= 15 is 0 Å². The lowest BCUT2D eigenvalue weighted by Crippen LogP contribution is -2.23. The Morgan fingerprint density at radius 1 is 1.47 bits per heavy atom. The number of hydrogen-bond acceptors (Lipinski definition) is 5. The van der Waals surface area contributed by atoms with Crippen LogP contribution in [-0.2, 0) is 4.79 Å². The minimum atomic E-state index is -0.0565. The summed E-state index contributed by atoms with van der Waals surface area (Å²) in [6.07, 6.45) is 4.76. The maximum atomic E-state index is 11.4. The van der Waals surface area contributed by atoms with E-state index in [1.165, 1.54) is 25.3 Å². The van der Waals surface area contributed by atoms with Crippen LogP contribution in [0.4, 0.5) is 5.69 Å². The average molecular weight is 261 g/mol. The summed E-state index contributed by atoms with van der Waals surface area (Å²) in [6, 6.07) is 0. The van der Waals surface area contributed by atoms with Crippen LogP contribution in [0.25, 0.3) is 5.69 Å². The van der Waals surface area contributed by atoms with E-state index in [4.69, 9.17) is 4.74 Å². The number of rotatable bonds is 3. The molecule has 0 N–H and O–H groups in total. The molecule has 2 heterocycles. The van der Waals surface area contributed by atoms with Crippen molar-refractivity contribution in [3.05, 3.63) is 24.4 Å². The number of aryl methyl sites for hydroxylation is 1. The molecule has 0 bridgehead atoms. The standard InChI is InChI=1S/C12H15N5O2/c1-8-11(16(3)9(2)18)6-17(15-8)10-5-13-7-14-12(10)19-4/h5-7H,1-4H3. The van der Waals surface area contributed by atoms with E-state index in [-0.39, 0.29) is 5.91 Å². The number of hydrogen-bond donors (Lipinski definition) is 0. The number of amides is 1. The van der Waals surface area contributed by atoms with Crippen LogP contribution in [0.1, 0.15) is 12.6 Å². The highest BCUT2D eigenvalue weighted by molar-refractivity contribution is 5.91. The third kappa shape index (κ3) is 2.40. The smallest absolute Gasteiger partial charge is 0.242 e. The maximum absolute atomic E-state index is 11.4. The molecule has 0 unspecified atom stereocenters. The van der Waals surface area contributed by atoms with E-state index in [1.807, 2.05) is 6.92 Å². The molecule has 7 nitrogen and oxygen atoms in total. The van der Waals surface area contributed by atoms with Crippen LogP contribution in [0.3, 0.4) is 0 Å². The Morgan fingerprint density at radius 2 is 2.21 bits per heavy atom. The Bertz CT molecular complexity index is 608. The van der Waals surface area contributed by atoms with Gasteiger partial charge in [-0.25, -0.2) is 9.67 Å². The quantitative estimate of drug-likeness (QED) is 0.822. The van der Waals surface area contributed by atoms with Crippen molar-refractivity contribution in [3.63, 3.8) is 0 Å². The molecule has 2 aromatic rings. The Kier molecular flexibility index (Phi) is 3.46. The lowest BCUT2D eigenvalue weighted by atomic mass is 10.3. The minimum absolute atomic E-state index is 0.0565. The molecule has 0 spiro atoms. The fourth-order valence-corrected chi connectivity index (χ4v) is 1.70. The van der Waals surface area contributed by atoms with Gasteiger partial charge in [0.1, 0.15) is 12.0 Å². The average Bonchev–Trinajstić information content (AvgIpc) is 2.79. The molecular weight excluding hydrogens is 246 g/mol. The molecule has 0 aliphatic heterocycles. The van der Waals surface area contributed by atoms with Gasteiger partial charge in [0.25, 0.3) is 0 Å². The van der Waals surface area contributed by atoms with Crippen LogP contribution in [-0.4, -0.2) is 39.8 Å². The number of anilines is 1. The monoisotopic (exact) mass is 261 g/mol. The highest BCUT2D eigenvalue weighted by Gasteiger charge is 2.15. The minimum Gasteiger partial charge on any atom is -0.479 e. The molecule has 0 saturated heterocycles. The van der Waals surface area contributed by atoms with Gasteiger partial charge in [0, 0.05) is 14.0 Å². The van der Waals surface area contributed by atoms with Crippen LogP contribution in [0.2, 0.25) is 0 Å². The summed E-state index contributed by atoms with van der Waals surface area (Å²) >= 11 is 0. The molecule has 0 atom stereocenters. The normalized spacial score (nSPS) is 10.3. The molecule has 0 radical (unpaired) electrons. The lowest BCUT2D eigenvalue weighted by molar-refractivity contribution is -0.116. The first-order chi connectivity index (χ1) is 9.04. The van der Waals surface area contributed by atoms with Crippen LogP contribution in [0, 0.1) is 6.92 Å². The number of ether oxygens (including phenoxy) is 1. The molecule has 7 heteroatoms. The van der Waals surface area contributed by atoms with Crippen molar-refractivity contribution in [2.75, 3.05) is 19.1 Å². The van der Waals surface area contributed by atoms with Crippen molar-refractivity contribution < 1.29 is 9.53 Å². The van der Waals surface area contributed by atoms with E-state index in [9.17, 15) is 4.79 Å². The lowest BCUT2D eigenvalue weighted by Gasteiger charge is -2.12. The first kappa shape index (κ1) is 13.0. The second kappa shape index (κ2) is 5.05. The third-order valence-corrected chi connectivity index (χ3v) is 2.80. The Hall–Kier alpha value is -2.44. The maximum Gasteiger partial charge on any atom is 0.242 e. The summed E-state index contributed by atoms with van der Waals surface area (Å²) in [4.78, 5) is 20.9. The number of carbonyl (C=O) groups is 1. The van der Waals surface area contributed by atoms with E-state index in [0.29, 0.717) is 11.6 Å². The SMILES string of the molecule is COc1ncncc1-n1cc(N(C)C(C)=O)c(C)n1. The summed E-state index contributed by atoms with van der Waals surface area (Å²) < 4.78 is 6.76. The Balaban J connectivity index is 2.48. The number of aromatic nitrogens is 4. The zero-order valence-electron chi connectivity index (χ0n) is 11.3. The fraction of sp³-hybridized carbons (Fsp3) is 0.333. The van der Waals surface area contributed by atoms with Gasteiger partial charge in [0.05, 0.1) is 30.9 Å². The van der Waals surface area contributed by atoms with Gasteiger partial charge in [0.15, 0.2) is 0 Å². The predicted octanol–water partition coefficient (Wildman–Crippen LogP) is 0.962. The number of methoxy groups -OCH3 is 1. The van der Waals surface area contributed by atoms with Gasteiger partial charge in [0.2, 0.25) is 11.8 Å². The van der Waals surface area contributed by atoms with Gasteiger partial charge >= 0.3 is 0 Å². The van der Waals surface area contributed by atoms with E-state index in [0.717, 1.165) is 11.4 Å². The first-order valence-electron chi connectivity index (χ1n) is 5.69. The van der Waals surface area contributed by atoms with Gasteiger partial charge in [-0.15, -0.1) is 0 Å². The van der Waals surface area contributed by atoms with Crippen LogP contribution in [0.15, 0.2) is 18.7 Å². The largest absolute Gasteiger partial charge is 0.479 e. The summed E-state index contributed by atoms with van der Waals surface area (Å²) in [5.41, 5.74) is 2.10. The zero-order valence-corrected chi connectivity index (χ0v) is 11.3. The predicted molar refractivity (Wildman–Crippen MR) is 69.5 cm³/mol. The van der Waals surface area contributed by atoms with E-state index in [2.05, 4.69) is 15.1 Å². The second-order valence-electron chi connectivity index (χ2n) is 4.04. The molecule has 0 fully saturated rings. The number of nitrogens with zero attached hydrogens (tertiary/aromatic N) is 5. The zero-order chi connectivity index (χ0) is 14.0. The van der Waals surface area contributed by atoms with Crippen molar-refractivity contribution in [1.29, 1.82) is 0 Å². The molecule has 0 saturated carbocycles. The summed E-state index contributed by atoms with van der Waals surface area (Å²) in [5, 5.41) is 4.36. The molecule has 0 aliphatic carbocycles. The van der Waals surface area contributed by atoms with Gasteiger partial charge in [-0.2, -0.15) is 10.1 Å². The Labute approximate surface area is 110 Å². The van der Waals surface area contributed by atoms with Crippen LogP contribution < -0.4 is 9.64 Å². The molecule has 2 rings (SSSR count). The third-order valence-electron chi connectivity index (χ3n) is 2.80. The highest BCUT2D eigenvalue weighted by Crippen LogP contribution is 2.23. The van der Waals surface area contributed by atoms with E-state index in [1.54, 1.807) is 24.1 Å². The van der Waals surface area contributed by atoms with Gasteiger partial charge in [-0.05, 0) is 6.92 Å². The van der Waals surface area contributed by atoms with Gasteiger partial charge in [-0.1, -0.05) is 0 Å². The van der Waals surface area contributed by atoms with Crippen molar-refractivity contribution in [3.8, 4) is 11.6 Å². The van der Waals surface area contributed by atoms with Gasteiger partial charge in [-0.3, -0.25) is 4.79 Å². The summed E-state index contributed by atoms with van der Waals surface area (Å²) in [5.74, 6) is 0.369. The van der Waals surface area contributed by atoms with Crippen molar-refractivity contribution >= 4 is 11.6 Å². The van der Waals surface area contributed by atoms with Gasteiger partial charge < -0.3 is 9.64 Å². The Morgan fingerprint density at radius 3 is 2.84 bits per heavy atom. The van der Waals surface area contributed by atoms with Crippen molar-refractivity contribution in [1.82, 2.24) is 19.7 Å². The highest BCUT2D eigenvalue weighted by atomic mass is 16.5. The first-order valence-corrected chi connectivity index (χ1v) is 5.69. The molecule has 2 aromatic heterocycles. The van der Waals surface area contributed by atoms with Crippen LogP contribution in [0.5, 0.6) is 5.88 Å². The summed E-state index contributed by atoms with van der Waals surface area (Å²) in [6.45, 7) is 3.34. The molecule has 100 valence electrons. The van der Waals surface area contributed by atoms with Crippen LogP contribution >= 0.6 is 0 Å². The molecular formula is C12H15N5O2. The van der Waals surface area contributed by atoms with Crippen molar-refractivity contribution in [2.24, 2.45) is 0 Å². The van der Waals surface area contributed by atoms with E-state index < -0.39 is 0 Å².